The Kier molecular flexibility index (Phi) is 5.63. The maximum atomic E-state index is 13.0. The summed E-state index contributed by atoms with van der Waals surface area (Å²) in [6, 6.07) is 12.3. The van der Waals surface area contributed by atoms with Gasteiger partial charge < -0.3 is 10.1 Å². The van der Waals surface area contributed by atoms with E-state index in [2.05, 4.69) is 5.32 Å². The van der Waals surface area contributed by atoms with Crippen LogP contribution < -0.4 is 5.32 Å². The summed E-state index contributed by atoms with van der Waals surface area (Å²) in [5, 5.41) is 2.65. The van der Waals surface area contributed by atoms with Gasteiger partial charge in [-0.05, 0) is 55.0 Å². The molecule has 2 aromatic carbocycles. The maximum absolute atomic E-state index is 13.0. The van der Waals surface area contributed by atoms with Crippen molar-refractivity contribution in [2.45, 2.75) is 6.92 Å². The number of benzene rings is 2. The van der Waals surface area contributed by atoms with E-state index in [4.69, 9.17) is 4.74 Å². The van der Waals surface area contributed by atoms with Gasteiger partial charge in [0, 0.05) is 11.8 Å². The molecule has 0 heterocycles. The standard InChI is InChI=1S/C18H16FNO3/c1-2-23-18(22)14-7-9-16(10-8-14)20-17(21)11-6-13-4-3-5-15(19)12-13/h3-12H,2H2,1H3,(H,20,21)/b11-6+. The molecule has 1 N–H and O–H groups in total. The van der Waals surface area contributed by atoms with Gasteiger partial charge in [-0.3, -0.25) is 4.79 Å². The lowest BCUT2D eigenvalue weighted by molar-refractivity contribution is -0.111. The fourth-order valence-electron chi connectivity index (χ4n) is 1.87. The summed E-state index contributed by atoms with van der Waals surface area (Å²) in [5.41, 5.74) is 1.56. The van der Waals surface area contributed by atoms with Crippen LogP contribution in [-0.4, -0.2) is 18.5 Å². The number of amides is 1. The molecule has 0 atom stereocenters. The average Bonchev–Trinajstić information content (AvgIpc) is 2.54. The molecule has 2 rings (SSSR count). The molecular weight excluding hydrogens is 297 g/mol. The van der Waals surface area contributed by atoms with Crippen molar-refractivity contribution in [3.63, 3.8) is 0 Å². The molecule has 0 spiro atoms. The SMILES string of the molecule is CCOC(=O)c1ccc(NC(=O)/C=C/c2cccc(F)c2)cc1. The van der Waals surface area contributed by atoms with Gasteiger partial charge in [0.25, 0.3) is 0 Å². The highest BCUT2D eigenvalue weighted by atomic mass is 19.1. The van der Waals surface area contributed by atoms with Gasteiger partial charge in [0.05, 0.1) is 12.2 Å². The van der Waals surface area contributed by atoms with Crippen LogP contribution in [0.15, 0.2) is 54.6 Å². The Balaban J connectivity index is 1.96. The number of rotatable bonds is 5. The summed E-state index contributed by atoms with van der Waals surface area (Å²) in [6.07, 6.45) is 2.83. The summed E-state index contributed by atoms with van der Waals surface area (Å²) < 4.78 is 17.9. The summed E-state index contributed by atoms with van der Waals surface area (Å²) in [7, 11) is 0. The van der Waals surface area contributed by atoms with Gasteiger partial charge in [-0.2, -0.15) is 0 Å². The molecule has 23 heavy (non-hydrogen) atoms. The first-order valence-electron chi connectivity index (χ1n) is 7.10. The van der Waals surface area contributed by atoms with Crippen LogP contribution in [0.1, 0.15) is 22.8 Å². The first kappa shape index (κ1) is 16.4. The van der Waals surface area contributed by atoms with Gasteiger partial charge in [-0.25, -0.2) is 9.18 Å². The van der Waals surface area contributed by atoms with E-state index in [1.54, 1.807) is 43.3 Å². The Morgan fingerprint density at radius 3 is 2.57 bits per heavy atom. The lowest BCUT2D eigenvalue weighted by Crippen LogP contribution is -2.08. The number of ether oxygens (including phenoxy) is 1. The lowest BCUT2D eigenvalue weighted by atomic mass is 10.2. The molecule has 0 bridgehead atoms. The normalized spacial score (nSPS) is 10.5. The maximum Gasteiger partial charge on any atom is 0.338 e. The molecule has 0 fully saturated rings. The summed E-state index contributed by atoms with van der Waals surface area (Å²) >= 11 is 0. The van der Waals surface area contributed by atoms with Crippen LogP contribution in [0, 0.1) is 5.82 Å². The van der Waals surface area contributed by atoms with E-state index in [1.807, 2.05) is 0 Å². The van der Waals surface area contributed by atoms with Crippen LogP contribution in [0.4, 0.5) is 10.1 Å². The quantitative estimate of drug-likeness (QED) is 0.677. The molecule has 0 saturated carbocycles. The molecule has 0 aromatic heterocycles. The first-order valence-corrected chi connectivity index (χ1v) is 7.10. The van der Waals surface area contributed by atoms with Crippen LogP contribution in [0.25, 0.3) is 6.08 Å². The number of halogens is 1. The molecule has 0 unspecified atom stereocenters. The third-order valence-electron chi connectivity index (χ3n) is 2.94. The van der Waals surface area contributed by atoms with E-state index in [-0.39, 0.29) is 11.7 Å². The van der Waals surface area contributed by atoms with Gasteiger partial charge in [-0.1, -0.05) is 12.1 Å². The number of hydrogen-bond acceptors (Lipinski definition) is 3. The molecule has 4 nitrogen and oxygen atoms in total. The predicted octanol–water partition coefficient (Wildman–Crippen LogP) is 3.65. The largest absolute Gasteiger partial charge is 0.462 e. The molecule has 1 amide bonds. The highest BCUT2D eigenvalue weighted by Gasteiger charge is 2.06. The van der Waals surface area contributed by atoms with Crippen LogP contribution in [0.2, 0.25) is 0 Å². The fourth-order valence-corrected chi connectivity index (χ4v) is 1.87. The van der Waals surface area contributed by atoms with E-state index in [9.17, 15) is 14.0 Å². The first-order chi connectivity index (χ1) is 11.1. The zero-order valence-corrected chi connectivity index (χ0v) is 12.6. The Morgan fingerprint density at radius 1 is 1.17 bits per heavy atom. The van der Waals surface area contributed by atoms with E-state index in [0.29, 0.717) is 23.4 Å². The second-order valence-corrected chi connectivity index (χ2v) is 4.68. The number of nitrogens with one attached hydrogen (secondary N) is 1. The Morgan fingerprint density at radius 2 is 1.91 bits per heavy atom. The molecule has 2 aromatic rings. The van der Waals surface area contributed by atoms with Crippen molar-refractivity contribution >= 4 is 23.6 Å². The molecule has 0 radical (unpaired) electrons. The van der Waals surface area contributed by atoms with Crippen molar-refractivity contribution < 1.29 is 18.7 Å². The summed E-state index contributed by atoms with van der Waals surface area (Å²) in [5.74, 6) is -1.11. The summed E-state index contributed by atoms with van der Waals surface area (Å²) in [6.45, 7) is 2.04. The molecule has 0 aliphatic heterocycles. The van der Waals surface area contributed by atoms with Crippen molar-refractivity contribution in [3.8, 4) is 0 Å². The molecule has 5 heteroatoms. The Labute approximate surface area is 133 Å². The second-order valence-electron chi connectivity index (χ2n) is 4.68. The second kappa shape index (κ2) is 7.89. The topological polar surface area (TPSA) is 55.4 Å². The zero-order chi connectivity index (χ0) is 16.7. The number of anilines is 1. The van der Waals surface area contributed by atoms with E-state index >= 15 is 0 Å². The van der Waals surface area contributed by atoms with Gasteiger partial charge >= 0.3 is 5.97 Å². The summed E-state index contributed by atoms with van der Waals surface area (Å²) in [4.78, 5) is 23.3. The third-order valence-corrected chi connectivity index (χ3v) is 2.94. The van der Waals surface area contributed by atoms with Crippen molar-refractivity contribution in [1.29, 1.82) is 0 Å². The van der Waals surface area contributed by atoms with Crippen LogP contribution >= 0.6 is 0 Å². The molecule has 118 valence electrons. The average molecular weight is 313 g/mol. The number of carbonyl (C=O) groups is 2. The van der Waals surface area contributed by atoms with E-state index < -0.39 is 5.97 Å². The number of esters is 1. The highest BCUT2D eigenvalue weighted by Crippen LogP contribution is 2.11. The van der Waals surface area contributed by atoms with Gasteiger partial charge in [-0.15, -0.1) is 0 Å². The van der Waals surface area contributed by atoms with E-state index in [1.165, 1.54) is 24.3 Å². The monoisotopic (exact) mass is 313 g/mol. The lowest BCUT2D eigenvalue weighted by Gasteiger charge is -2.04. The van der Waals surface area contributed by atoms with Gasteiger partial charge in [0.15, 0.2) is 0 Å². The smallest absolute Gasteiger partial charge is 0.338 e. The minimum atomic E-state index is -0.406. The highest BCUT2D eigenvalue weighted by molar-refractivity contribution is 6.02. The molecule has 0 aliphatic carbocycles. The molecule has 0 aliphatic rings. The minimum absolute atomic E-state index is 0.308. The Bertz CT molecular complexity index is 723. The number of carbonyl (C=O) groups excluding carboxylic acids is 2. The van der Waals surface area contributed by atoms with Crippen LogP contribution in [-0.2, 0) is 9.53 Å². The zero-order valence-electron chi connectivity index (χ0n) is 12.6. The van der Waals surface area contributed by atoms with Gasteiger partial charge in [0.2, 0.25) is 5.91 Å². The van der Waals surface area contributed by atoms with Crippen molar-refractivity contribution in [3.05, 3.63) is 71.6 Å². The Hall–Kier alpha value is -2.95. The predicted molar refractivity (Wildman–Crippen MR) is 86.5 cm³/mol. The van der Waals surface area contributed by atoms with Gasteiger partial charge in [0.1, 0.15) is 5.82 Å². The van der Waals surface area contributed by atoms with Crippen LogP contribution in [0.5, 0.6) is 0 Å². The van der Waals surface area contributed by atoms with E-state index in [0.717, 1.165) is 0 Å². The van der Waals surface area contributed by atoms with Crippen molar-refractivity contribution in [1.82, 2.24) is 0 Å². The fraction of sp³-hybridized carbons (Fsp3) is 0.111. The van der Waals surface area contributed by atoms with Crippen molar-refractivity contribution in [2.24, 2.45) is 0 Å². The molecular formula is C18H16FNO3. The number of hydrogen-bond donors (Lipinski definition) is 1. The van der Waals surface area contributed by atoms with Crippen molar-refractivity contribution in [2.75, 3.05) is 11.9 Å². The third kappa shape index (κ3) is 5.07. The molecule has 0 saturated heterocycles. The van der Waals surface area contributed by atoms with Crippen LogP contribution in [0.3, 0.4) is 0 Å². The minimum Gasteiger partial charge on any atom is -0.462 e.